The van der Waals surface area contributed by atoms with E-state index < -0.39 is 5.97 Å². The van der Waals surface area contributed by atoms with Crippen LogP contribution >= 0.6 is 0 Å². The molecular formula is C18H20N6O3. The third-order valence-corrected chi connectivity index (χ3v) is 5.07. The summed E-state index contributed by atoms with van der Waals surface area (Å²) in [4.78, 5) is 42.8. The van der Waals surface area contributed by atoms with Gasteiger partial charge in [0.1, 0.15) is 6.04 Å². The molecule has 1 N–H and O–H groups in total. The molecule has 1 atom stereocenters. The van der Waals surface area contributed by atoms with Gasteiger partial charge >= 0.3 is 5.97 Å². The molecule has 0 spiro atoms. The zero-order chi connectivity index (χ0) is 19.0. The van der Waals surface area contributed by atoms with E-state index in [4.69, 9.17) is 5.11 Å². The number of carbonyl (C=O) groups excluding carboxylic acids is 1. The van der Waals surface area contributed by atoms with Gasteiger partial charge in [-0.1, -0.05) is 0 Å². The molecule has 9 heteroatoms. The first-order valence-corrected chi connectivity index (χ1v) is 8.79. The number of piperazine rings is 2. The number of fused-ring (bicyclic) bond motifs is 1. The zero-order valence-electron chi connectivity index (χ0n) is 14.9. The van der Waals surface area contributed by atoms with Crippen molar-refractivity contribution < 1.29 is 14.7 Å². The summed E-state index contributed by atoms with van der Waals surface area (Å²) in [6.45, 7) is 3.69. The lowest BCUT2D eigenvalue weighted by Gasteiger charge is -2.45. The molecule has 4 rings (SSSR count). The second-order valence-electron chi connectivity index (χ2n) is 6.73. The zero-order valence-corrected chi connectivity index (χ0v) is 14.9. The highest BCUT2D eigenvalue weighted by Gasteiger charge is 2.37. The second kappa shape index (κ2) is 6.92. The second-order valence-corrected chi connectivity index (χ2v) is 6.73. The van der Waals surface area contributed by atoms with Crippen molar-refractivity contribution in [3.63, 3.8) is 0 Å². The van der Waals surface area contributed by atoms with Crippen LogP contribution < -0.4 is 4.90 Å². The van der Waals surface area contributed by atoms with Gasteiger partial charge < -0.3 is 14.9 Å². The minimum Gasteiger partial charge on any atom is -0.478 e. The predicted octanol–water partition coefficient (Wildman–Crippen LogP) is 0.199. The molecule has 2 aliphatic heterocycles. The summed E-state index contributed by atoms with van der Waals surface area (Å²) in [6, 6.07) is 4.45. The van der Waals surface area contributed by atoms with Gasteiger partial charge in [-0.15, -0.1) is 0 Å². The van der Waals surface area contributed by atoms with E-state index in [9.17, 15) is 9.59 Å². The van der Waals surface area contributed by atoms with Crippen molar-refractivity contribution in [2.75, 3.05) is 44.7 Å². The molecule has 0 bridgehead atoms. The Kier molecular flexibility index (Phi) is 4.44. The Labute approximate surface area is 156 Å². The van der Waals surface area contributed by atoms with E-state index in [1.54, 1.807) is 17.2 Å². The Morgan fingerprint density at radius 3 is 2.70 bits per heavy atom. The fraction of sp³-hybridized carbons (Fsp3) is 0.389. The van der Waals surface area contributed by atoms with Gasteiger partial charge in [0.05, 0.1) is 17.0 Å². The third kappa shape index (κ3) is 3.33. The number of nitrogens with zero attached hydrogens (tertiary/aromatic N) is 6. The number of aromatic carboxylic acids is 1. The van der Waals surface area contributed by atoms with E-state index in [2.05, 4.69) is 19.9 Å². The molecule has 1 amide bonds. The fourth-order valence-electron chi connectivity index (χ4n) is 3.49. The molecule has 2 fully saturated rings. The molecule has 0 aromatic carbocycles. The van der Waals surface area contributed by atoms with Gasteiger partial charge in [-0.2, -0.15) is 0 Å². The van der Waals surface area contributed by atoms with Crippen LogP contribution in [-0.4, -0.2) is 87.5 Å². The van der Waals surface area contributed by atoms with Gasteiger partial charge in [-0.3, -0.25) is 14.7 Å². The lowest BCUT2D eigenvalue weighted by Crippen LogP contribution is -2.64. The molecule has 2 aromatic rings. The molecular weight excluding hydrogens is 348 g/mol. The Morgan fingerprint density at radius 2 is 1.89 bits per heavy atom. The SMILES string of the molecule is CN1CCN2CCN(c3nccc(-c4cc(C(=O)O)ccn4)n3)CC2C1=O. The Bertz CT molecular complexity index is 889. The van der Waals surface area contributed by atoms with Crippen LogP contribution in [0.5, 0.6) is 0 Å². The summed E-state index contributed by atoms with van der Waals surface area (Å²) >= 11 is 0. The predicted molar refractivity (Wildman–Crippen MR) is 97.4 cm³/mol. The Balaban J connectivity index is 1.59. The summed E-state index contributed by atoms with van der Waals surface area (Å²) in [5, 5.41) is 9.16. The molecule has 1 unspecified atom stereocenters. The van der Waals surface area contributed by atoms with Gasteiger partial charge in [0.15, 0.2) is 0 Å². The van der Waals surface area contributed by atoms with Gasteiger partial charge in [-0.05, 0) is 18.2 Å². The van der Waals surface area contributed by atoms with Crippen molar-refractivity contribution in [3.05, 3.63) is 36.2 Å². The van der Waals surface area contributed by atoms with Crippen LogP contribution in [0.25, 0.3) is 11.4 Å². The smallest absolute Gasteiger partial charge is 0.335 e. The van der Waals surface area contributed by atoms with Crippen molar-refractivity contribution in [3.8, 4) is 11.4 Å². The molecule has 2 aliphatic rings. The van der Waals surface area contributed by atoms with Crippen molar-refractivity contribution >= 4 is 17.8 Å². The normalized spacial score (nSPS) is 20.5. The highest BCUT2D eigenvalue weighted by molar-refractivity contribution is 5.88. The third-order valence-electron chi connectivity index (χ3n) is 5.07. The minimum absolute atomic E-state index is 0.123. The van der Waals surface area contributed by atoms with Gasteiger partial charge in [0.25, 0.3) is 0 Å². The average molecular weight is 368 g/mol. The van der Waals surface area contributed by atoms with Crippen LogP contribution in [0.2, 0.25) is 0 Å². The van der Waals surface area contributed by atoms with E-state index in [0.717, 1.165) is 26.2 Å². The Hall–Kier alpha value is -3.07. The van der Waals surface area contributed by atoms with E-state index in [1.165, 1.54) is 18.3 Å². The number of carboxylic acids is 1. The lowest BCUT2D eigenvalue weighted by atomic mass is 10.1. The van der Waals surface area contributed by atoms with Crippen molar-refractivity contribution in [1.82, 2.24) is 24.8 Å². The molecule has 4 heterocycles. The Morgan fingerprint density at radius 1 is 1.11 bits per heavy atom. The molecule has 0 saturated carbocycles. The molecule has 0 radical (unpaired) electrons. The van der Waals surface area contributed by atoms with E-state index >= 15 is 0 Å². The maximum Gasteiger partial charge on any atom is 0.335 e. The number of anilines is 1. The molecule has 9 nitrogen and oxygen atoms in total. The lowest BCUT2D eigenvalue weighted by molar-refractivity contribution is -0.140. The van der Waals surface area contributed by atoms with E-state index in [-0.39, 0.29) is 17.5 Å². The van der Waals surface area contributed by atoms with E-state index in [1.807, 2.05) is 11.9 Å². The van der Waals surface area contributed by atoms with Crippen LogP contribution in [0.4, 0.5) is 5.95 Å². The van der Waals surface area contributed by atoms with E-state index in [0.29, 0.717) is 23.9 Å². The molecule has 27 heavy (non-hydrogen) atoms. The standard InChI is InChI=1S/C18H20N6O3/c1-22-6-7-23-8-9-24(11-15(23)16(22)25)18-20-5-3-13(21-18)14-10-12(17(26)27)2-4-19-14/h2-5,10,15H,6-9,11H2,1H3,(H,26,27). The quantitative estimate of drug-likeness (QED) is 0.820. The number of pyridine rings is 1. The number of carboxylic acid groups (broad SMARTS) is 1. The number of hydrogen-bond donors (Lipinski definition) is 1. The van der Waals surface area contributed by atoms with Crippen molar-refractivity contribution in [2.45, 2.75) is 6.04 Å². The molecule has 0 aliphatic carbocycles. The molecule has 2 saturated heterocycles. The topological polar surface area (TPSA) is 103 Å². The highest BCUT2D eigenvalue weighted by Crippen LogP contribution is 2.22. The summed E-state index contributed by atoms with van der Waals surface area (Å²) in [5.41, 5.74) is 1.19. The largest absolute Gasteiger partial charge is 0.478 e. The van der Waals surface area contributed by atoms with Gasteiger partial charge in [0, 0.05) is 52.2 Å². The minimum atomic E-state index is -1.01. The van der Waals surface area contributed by atoms with Crippen LogP contribution in [-0.2, 0) is 4.79 Å². The van der Waals surface area contributed by atoms with Crippen molar-refractivity contribution in [1.29, 1.82) is 0 Å². The van der Waals surface area contributed by atoms with Crippen LogP contribution in [0.3, 0.4) is 0 Å². The number of aromatic nitrogens is 3. The number of rotatable bonds is 3. The van der Waals surface area contributed by atoms with Crippen molar-refractivity contribution in [2.24, 2.45) is 0 Å². The molecule has 2 aromatic heterocycles. The first-order chi connectivity index (χ1) is 13.0. The number of carbonyl (C=O) groups is 2. The summed E-state index contributed by atoms with van der Waals surface area (Å²) < 4.78 is 0. The van der Waals surface area contributed by atoms with Crippen LogP contribution in [0.15, 0.2) is 30.6 Å². The van der Waals surface area contributed by atoms with Crippen LogP contribution in [0.1, 0.15) is 10.4 Å². The summed E-state index contributed by atoms with van der Waals surface area (Å²) in [6.07, 6.45) is 3.09. The maximum absolute atomic E-state index is 12.5. The monoisotopic (exact) mass is 368 g/mol. The average Bonchev–Trinajstić information content (AvgIpc) is 2.71. The first kappa shape index (κ1) is 17.3. The first-order valence-electron chi connectivity index (χ1n) is 8.79. The van der Waals surface area contributed by atoms with Crippen LogP contribution in [0, 0.1) is 0 Å². The highest BCUT2D eigenvalue weighted by atomic mass is 16.4. The number of hydrogen-bond acceptors (Lipinski definition) is 7. The summed E-state index contributed by atoms with van der Waals surface area (Å²) in [7, 11) is 1.83. The number of likely N-dealkylation sites (N-methyl/N-ethyl adjacent to an activating group) is 1. The number of amides is 1. The summed E-state index contributed by atoms with van der Waals surface area (Å²) in [5.74, 6) is -0.363. The maximum atomic E-state index is 12.5. The van der Waals surface area contributed by atoms with Gasteiger partial charge in [-0.25, -0.2) is 14.8 Å². The molecule has 140 valence electrons. The fourth-order valence-corrected chi connectivity index (χ4v) is 3.49. The van der Waals surface area contributed by atoms with Gasteiger partial charge in [0.2, 0.25) is 11.9 Å².